The number of carbonyl (C=O) groups excluding carboxylic acids is 1. The lowest BCUT2D eigenvalue weighted by Crippen LogP contribution is -2.13. The van der Waals surface area contributed by atoms with Gasteiger partial charge in [-0.1, -0.05) is 30.2 Å². The Hall–Kier alpha value is -4.15. The fourth-order valence-electron chi connectivity index (χ4n) is 3.14. The first-order valence-electron chi connectivity index (χ1n) is 10.9. The van der Waals surface area contributed by atoms with E-state index in [4.69, 9.17) is 16.1 Å². The van der Waals surface area contributed by atoms with Crippen molar-refractivity contribution in [3.05, 3.63) is 83.7 Å². The summed E-state index contributed by atoms with van der Waals surface area (Å²) in [5, 5.41) is 6.12. The number of benzene rings is 2. The highest BCUT2D eigenvalue weighted by Gasteiger charge is 2.08. The molecule has 0 bridgehead atoms. The molecular formula is C27H29N5O2. The summed E-state index contributed by atoms with van der Waals surface area (Å²) in [6.45, 7) is 2.90. The van der Waals surface area contributed by atoms with Crippen LogP contribution < -0.4 is 15.4 Å². The van der Waals surface area contributed by atoms with Crippen molar-refractivity contribution in [3.8, 4) is 18.1 Å². The molecule has 0 spiro atoms. The minimum Gasteiger partial charge on any atom is -0.481 e. The first-order chi connectivity index (χ1) is 16.4. The van der Waals surface area contributed by atoms with Gasteiger partial charge in [-0.3, -0.25) is 4.79 Å². The zero-order valence-corrected chi connectivity index (χ0v) is 19.7. The van der Waals surface area contributed by atoms with Crippen LogP contribution in [-0.4, -0.2) is 48.0 Å². The molecule has 0 unspecified atom stereocenters. The Bertz CT molecular complexity index is 1200. The maximum absolute atomic E-state index is 12.2. The van der Waals surface area contributed by atoms with E-state index >= 15 is 0 Å². The van der Waals surface area contributed by atoms with E-state index in [0.29, 0.717) is 24.7 Å². The third-order valence-electron chi connectivity index (χ3n) is 4.79. The highest BCUT2D eigenvalue weighted by Crippen LogP contribution is 2.21. The predicted octanol–water partition coefficient (Wildman–Crippen LogP) is 4.19. The smallest absolute Gasteiger partial charge is 0.248 e. The van der Waals surface area contributed by atoms with E-state index in [9.17, 15) is 4.79 Å². The monoisotopic (exact) mass is 455 g/mol. The molecule has 1 aromatic heterocycles. The van der Waals surface area contributed by atoms with E-state index in [2.05, 4.69) is 21.5 Å². The summed E-state index contributed by atoms with van der Waals surface area (Å²) < 4.78 is 5.47. The molecule has 34 heavy (non-hydrogen) atoms. The lowest BCUT2D eigenvalue weighted by atomic mass is 10.1. The van der Waals surface area contributed by atoms with Crippen LogP contribution in [0.1, 0.15) is 16.8 Å². The van der Waals surface area contributed by atoms with Crippen LogP contribution in [0.4, 0.5) is 17.3 Å². The Morgan fingerprint density at radius 1 is 1.18 bits per heavy atom. The van der Waals surface area contributed by atoms with Crippen LogP contribution in [0.25, 0.3) is 0 Å². The van der Waals surface area contributed by atoms with E-state index in [-0.39, 0.29) is 12.5 Å². The van der Waals surface area contributed by atoms with E-state index in [0.717, 1.165) is 28.2 Å². The third kappa shape index (κ3) is 7.76. The lowest BCUT2D eigenvalue weighted by molar-refractivity contribution is -0.111. The molecule has 0 saturated carbocycles. The molecule has 3 aromatic rings. The van der Waals surface area contributed by atoms with Crippen molar-refractivity contribution in [2.75, 3.05) is 37.9 Å². The van der Waals surface area contributed by atoms with E-state index in [1.165, 1.54) is 0 Å². The van der Waals surface area contributed by atoms with Crippen LogP contribution in [-0.2, 0) is 11.2 Å². The molecule has 0 aliphatic heterocycles. The van der Waals surface area contributed by atoms with Crippen molar-refractivity contribution >= 4 is 23.2 Å². The first-order valence-corrected chi connectivity index (χ1v) is 10.9. The fourth-order valence-corrected chi connectivity index (χ4v) is 3.14. The first kappa shape index (κ1) is 24.5. The van der Waals surface area contributed by atoms with Gasteiger partial charge in [0, 0.05) is 42.7 Å². The van der Waals surface area contributed by atoms with E-state index in [1.54, 1.807) is 12.3 Å². The Labute approximate surface area is 200 Å². The van der Waals surface area contributed by atoms with E-state index in [1.807, 2.05) is 80.5 Å². The molecule has 3 rings (SSSR count). The van der Waals surface area contributed by atoms with Gasteiger partial charge in [0.05, 0.1) is 5.69 Å². The third-order valence-corrected chi connectivity index (χ3v) is 4.79. The molecule has 1 amide bonds. The second-order valence-corrected chi connectivity index (χ2v) is 8.00. The zero-order valence-electron chi connectivity index (χ0n) is 19.7. The van der Waals surface area contributed by atoms with Gasteiger partial charge in [0.2, 0.25) is 11.9 Å². The molecular weight excluding hydrogens is 426 g/mol. The maximum Gasteiger partial charge on any atom is 0.248 e. The highest BCUT2D eigenvalue weighted by molar-refractivity contribution is 5.99. The van der Waals surface area contributed by atoms with Crippen molar-refractivity contribution in [2.45, 2.75) is 13.3 Å². The number of nitrogens with zero attached hydrogens (tertiary/aromatic N) is 3. The van der Waals surface area contributed by atoms with Gasteiger partial charge in [-0.15, -0.1) is 6.42 Å². The Morgan fingerprint density at radius 3 is 2.76 bits per heavy atom. The number of terminal acetylenes is 1. The van der Waals surface area contributed by atoms with Crippen LogP contribution in [0, 0.1) is 19.3 Å². The molecule has 174 valence electrons. The van der Waals surface area contributed by atoms with Gasteiger partial charge in [0.25, 0.3) is 0 Å². The number of hydrogen-bond donors (Lipinski definition) is 2. The van der Waals surface area contributed by atoms with Crippen molar-refractivity contribution in [1.82, 2.24) is 14.9 Å². The summed E-state index contributed by atoms with van der Waals surface area (Å²) in [5.74, 6) is 3.46. The summed E-state index contributed by atoms with van der Waals surface area (Å²) in [4.78, 5) is 23.2. The van der Waals surface area contributed by atoms with Crippen LogP contribution in [0.15, 0.2) is 66.9 Å². The van der Waals surface area contributed by atoms with Gasteiger partial charge in [-0.05, 0) is 56.4 Å². The Morgan fingerprint density at radius 2 is 1.97 bits per heavy atom. The van der Waals surface area contributed by atoms with Crippen molar-refractivity contribution in [3.63, 3.8) is 0 Å². The zero-order chi connectivity index (χ0) is 24.3. The molecule has 1 heterocycles. The Balaban J connectivity index is 1.69. The topological polar surface area (TPSA) is 79.4 Å². The van der Waals surface area contributed by atoms with Crippen molar-refractivity contribution < 1.29 is 9.53 Å². The highest BCUT2D eigenvalue weighted by atomic mass is 16.5. The molecule has 0 fully saturated rings. The number of aryl methyl sites for hydroxylation is 1. The number of amides is 1. The average Bonchev–Trinajstić information content (AvgIpc) is 2.80. The molecule has 2 aromatic carbocycles. The quantitative estimate of drug-likeness (QED) is 0.353. The molecule has 0 radical (unpaired) electrons. The number of anilines is 3. The summed E-state index contributed by atoms with van der Waals surface area (Å²) in [6.07, 6.45) is 11.0. The molecule has 0 aliphatic carbocycles. The lowest BCUT2D eigenvalue weighted by Gasteiger charge is -2.11. The summed E-state index contributed by atoms with van der Waals surface area (Å²) >= 11 is 0. The average molecular weight is 456 g/mol. The molecule has 0 atom stereocenters. The van der Waals surface area contributed by atoms with E-state index < -0.39 is 0 Å². The summed E-state index contributed by atoms with van der Waals surface area (Å²) in [7, 11) is 3.91. The van der Waals surface area contributed by atoms with Crippen molar-refractivity contribution in [2.24, 2.45) is 0 Å². The number of carbonyl (C=O) groups is 1. The number of ether oxygens (including phenoxy) is 1. The Kier molecular flexibility index (Phi) is 8.78. The maximum atomic E-state index is 12.2. The normalized spacial score (nSPS) is 10.8. The second-order valence-electron chi connectivity index (χ2n) is 8.00. The number of likely N-dealkylation sites (N-methyl/N-ethyl adjacent to an activating group) is 1. The molecule has 0 aliphatic rings. The van der Waals surface area contributed by atoms with Crippen LogP contribution in [0.3, 0.4) is 0 Å². The SMILES string of the molecule is C#CCOc1cccc(Nc2ncc(C)c(Cc3cccc(NC(=O)C=CCN(C)C)c3)n2)c1. The van der Waals surface area contributed by atoms with Crippen LogP contribution in [0.5, 0.6) is 5.75 Å². The van der Waals surface area contributed by atoms with Gasteiger partial charge in [-0.25, -0.2) is 9.97 Å². The molecule has 7 nitrogen and oxygen atoms in total. The standard InChI is InChI=1S/C27H29N5O2/c1-5-15-34-24-12-7-11-23(18-24)30-27-28-19-20(2)25(31-27)17-21-9-6-10-22(16-21)29-26(33)13-8-14-32(3)4/h1,6-13,16,18-19H,14-15,17H2,2-4H3,(H,29,33)(H,28,30,31). The predicted molar refractivity (Wildman–Crippen MR) is 136 cm³/mol. The van der Waals surface area contributed by atoms with Gasteiger partial charge in [-0.2, -0.15) is 0 Å². The number of aromatic nitrogens is 2. The largest absolute Gasteiger partial charge is 0.481 e. The van der Waals surface area contributed by atoms with Crippen molar-refractivity contribution in [1.29, 1.82) is 0 Å². The minimum atomic E-state index is -0.155. The van der Waals surface area contributed by atoms with Gasteiger partial charge in [0.1, 0.15) is 12.4 Å². The molecule has 0 saturated heterocycles. The minimum absolute atomic E-state index is 0.155. The molecule has 7 heteroatoms. The van der Waals surface area contributed by atoms with Crippen LogP contribution >= 0.6 is 0 Å². The number of rotatable bonds is 10. The summed E-state index contributed by atoms with van der Waals surface area (Å²) in [5.41, 5.74) is 4.46. The molecule has 2 N–H and O–H groups in total. The van der Waals surface area contributed by atoms with Gasteiger partial charge in [0.15, 0.2) is 0 Å². The fraction of sp³-hybridized carbons (Fsp3) is 0.222. The van der Waals surface area contributed by atoms with Gasteiger partial charge < -0.3 is 20.3 Å². The number of hydrogen-bond acceptors (Lipinski definition) is 6. The van der Waals surface area contributed by atoms with Gasteiger partial charge >= 0.3 is 0 Å². The second kappa shape index (κ2) is 12.2. The van der Waals surface area contributed by atoms with Crippen LogP contribution in [0.2, 0.25) is 0 Å². The summed E-state index contributed by atoms with van der Waals surface area (Å²) in [6, 6.07) is 15.2. The number of nitrogens with one attached hydrogen (secondary N) is 2.